The minimum Gasteiger partial charge on any atom is -0.478 e. The van der Waals surface area contributed by atoms with Crippen molar-refractivity contribution in [1.82, 2.24) is 29.5 Å². The van der Waals surface area contributed by atoms with Gasteiger partial charge in [-0.15, -0.1) is 0 Å². The lowest BCUT2D eigenvalue weighted by Crippen LogP contribution is -2.29. The number of fused-ring (bicyclic) bond motifs is 2. The molecule has 0 aliphatic carbocycles. The number of anilines is 2. The molecule has 1 aromatic carbocycles. The van der Waals surface area contributed by atoms with E-state index in [1.165, 1.54) is 17.7 Å². The van der Waals surface area contributed by atoms with Gasteiger partial charge in [0.15, 0.2) is 5.82 Å². The van der Waals surface area contributed by atoms with Crippen molar-refractivity contribution in [2.24, 2.45) is 7.05 Å². The second-order valence-electron chi connectivity index (χ2n) is 8.21. The summed E-state index contributed by atoms with van der Waals surface area (Å²) < 4.78 is 23.2. The van der Waals surface area contributed by atoms with E-state index in [2.05, 4.69) is 30.6 Å². The molecule has 0 bridgehead atoms. The van der Waals surface area contributed by atoms with E-state index in [0.717, 1.165) is 30.6 Å². The molecule has 11 heteroatoms. The molecule has 1 atom stereocenters. The standard InChI is InChI=1S/C22H25FN8O2/c1-12-9-31-18(23)19(27-22(33-4)20(31)25-12)26-21(32)14-5-6-16(15-11-29(3)28-17(14)15)30-8-7-13(10-30)24-2/h5-6,9,11,13,24H,7-8,10H2,1-4H3,(H,26,32)/t13-/m1/s1. The van der Waals surface area contributed by atoms with Crippen molar-refractivity contribution in [3.05, 3.63) is 41.7 Å². The zero-order valence-corrected chi connectivity index (χ0v) is 18.9. The predicted octanol–water partition coefficient (Wildman–Crippen LogP) is 2.12. The summed E-state index contributed by atoms with van der Waals surface area (Å²) in [5.41, 5.74) is 2.75. The Kier molecular flexibility index (Phi) is 5.12. The normalized spacial score (nSPS) is 16.2. The van der Waals surface area contributed by atoms with Gasteiger partial charge in [0.25, 0.3) is 11.8 Å². The molecule has 2 N–H and O–H groups in total. The summed E-state index contributed by atoms with van der Waals surface area (Å²) >= 11 is 0. The second kappa shape index (κ2) is 8.00. The monoisotopic (exact) mass is 452 g/mol. The van der Waals surface area contributed by atoms with Crippen molar-refractivity contribution in [2.45, 2.75) is 19.4 Å². The summed E-state index contributed by atoms with van der Waals surface area (Å²) in [5.74, 6) is -1.37. The topological polar surface area (TPSA) is 102 Å². The van der Waals surface area contributed by atoms with Crippen LogP contribution in [0.2, 0.25) is 0 Å². The third-order valence-electron chi connectivity index (χ3n) is 6.01. The summed E-state index contributed by atoms with van der Waals surface area (Å²) in [4.78, 5) is 23.8. The number of hydrogen-bond acceptors (Lipinski definition) is 7. The first-order valence-corrected chi connectivity index (χ1v) is 10.7. The molecule has 1 amide bonds. The third-order valence-corrected chi connectivity index (χ3v) is 6.01. The van der Waals surface area contributed by atoms with Crippen LogP contribution in [0.15, 0.2) is 24.5 Å². The summed E-state index contributed by atoms with van der Waals surface area (Å²) in [6, 6.07) is 4.07. The van der Waals surface area contributed by atoms with Crippen LogP contribution < -0.4 is 20.3 Å². The first kappa shape index (κ1) is 21.1. The Labute approximate surface area is 189 Å². The summed E-state index contributed by atoms with van der Waals surface area (Å²) in [7, 11) is 5.20. The molecular formula is C22H25FN8O2. The molecule has 4 aromatic rings. The Morgan fingerprint density at radius 1 is 1.27 bits per heavy atom. The van der Waals surface area contributed by atoms with E-state index in [-0.39, 0.29) is 17.3 Å². The number of likely N-dealkylation sites (N-methyl/N-ethyl adjacent to an activating group) is 1. The van der Waals surface area contributed by atoms with Crippen molar-refractivity contribution >= 4 is 34.0 Å². The zero-order chi connectivity index (χ0) is 23.3. The number of benzene rings is 1. The van der Waals surface area contributed by atoms with Crippen molar-refractivity contribution in [2.75, 3.05) is 37.5 Å². The highest BCUT2D eigenvalue weighted by Crippen LogP contribution is 2.32. The molecule has 1 fully saturated rings. The van der Waals surface area contributed by atoms with Crippen LogP contribution >= 0.6 is 0 Å². The first-order chi connectivity index (χ1) is 15.9. The molecule has 4 heterocycles. The number of nitrogens with one attached hydrogen (secondary N) is 2. The second-order valence-corrected chi connectivity index (χ2v) is 8.21. The quantitative estimate of drug-likeness (QED) is 0.478. The molecule has 0 unspecified atom stereocenters. The van der Waals surface area contributed by atoms with E-state index < -0.39 is 11.9 Å². The van der Waals surface area contributed by atoms with E-state index in [9.17, 15) is 4.79 Å². The molecule has 1 aliphatic rings. The van der Waals surface area contributed by atoms with Gasteiger partial charge in [-0.2, -0.15) is 14.5 Å². The van der Waals surface area contributed by atoms with Crippen molar-refractivity contribution in [3.63, 3.8) is 0 Å². The highest BCUT2D eigenvalue weighted by atomic mass is 19.1. The minimum absolute atomic E-state index is 0.117. The number of carbonyl (C=O) groups excluding carboxylic acids is 1. The molecule has 1 saturated heterocycles. The number of carbonyl (C=O) groups is 1. The fourth-order valence-corrected chi connectivity index (χ4v) is 4.38. The van der Waals surface area contributed by atoms with Crippen LogP contribution in [-0.2, 0) is 7.05 Å². The lowest BCUT2D eigenvalue weighted by atomic mass is 10.1. The van der Waals surface area contributed by atoms with Crippen LogP contribution in [0.5, 0.6) is 5.88 Å². The van der Waals surface area contributed by atoms with Gasteiger partial charge in [0.1, 0.15) is 5.52 Å². The van der Waals surface area contributed by atoms with Gasteiger partial charge in [-0.1, -0.05) is 0 Å². The molecule has 5 rings (SSSR count). The number of rotatable bonds is 5. The van der Waals surface area contributed by atoms with Crippen molar-refractivity contribution in [1.29, 1.82) is 0 Å². The molecule has 10 nitrogen and oxygen atoms in total. The lowest BCUT2D eigenvalue weighted by Gasteiger charge is -2.20. The molecule has 3 aromatic heterocycles. The van der Waals surface area contributed by atoms with E-state index in [1.807, 2.05) is 26.4 Å². The Morgan fingerprint density at radius 2 is 2.09 bits per heavy atom. The molecule has 33 heavy (non-hydrogen) atoms. The van der Waals surface area contributed by atoms with E-state index in [4.69, 9.17) is 4.74 Å². The van der Waals surface area contributed by atoms with Crippen LogP contribution in [0.3, 0.4) is 0 Å². The van der Waals surface area contributed by atoms with Crippen LogP contribution in [0.1, 0.15) is 22.5 Å². The number of aryl methyl sites for hydroxylation is 2. The highest BCUT2D eigenvalue weighted by Gasteiger charge is 2.26. The molecule has 172 valence electrons. The van der Waals surface area contributed by atoms with E-state index >= 15 is 4.39 Å². The van der Waals surface area contributed by atoms with Crippen LogP contribution in [0.4, 0.5) is 15.9 Å². The average molecular weight is 452 g/mol. The summed E-state index contributed by atoms with van der Waals surface area (Å²) in [5, 5.41) is 11.3. The molecular weight excluding hydrogens is 427 g/mol. The maximum absolute atomic E-state index is 15.1. The van der Waals surface area contributed by atoms with Gasteiger partial charge in [-0.05, 0) is 32.5 Å². The number of imidazole rings is 1. The van der Waals surface area contributed by atoms with Gasteiger partial charge in [-0.25, -0.2) is 4.98 Å². The molecule has 0 spiro atoms. The van der Waals surface area contributed by atoms with Gasteiger partial charge in [-0.3, -0.25) is 13.9 Å². The average Bonchev–Trinajstić information content (AvgIpc) is 3.52. The lowest BCUT2D eigenvalue weighted by molar-refractivity contribution is 0.102. The predicted molar refractivity (Wildman–Crippen MR) is 123 cm³/mol. The smallest absolute Gasteiger partial charge is 0.260 e. The maximum Gasteiger partial charge on any atom is 0.260 e. The maximum atomic E-state index is 15.1. The van der Waals surface area contributed by atoms with Gasteiger partial charge >= 0.3 is 0 Å². The first-order valence-electron chi connectivity index (χ1n) is 10.7. The number of aromatic nitrogens is 5. The van der Waals surface area contributed by atoms with Gasteiger partial charge < -0.3 is 20.3 Å². The fourth-order valence-electron chi connectivity index (χ4n) is 4.38. The number of hydrogen-bond donors (Lipinski definition) is 2. The van der Waals surface area contributed by atoms with Crippen molar-refractivity contribution in [3.8, 4) is 5.88 Å². The van der Waals surface area contributed by atoms with Gasteiger partial charge in [0, 0.05) is 49.6 Å². The van der Waals surface area contributed by atoms with Crippen LogP contribution in [0, 0.1) is 12.9 Å². The molecule has 0 radical (unpaired) electrons. The Bertz CT molecular complexity index is 1380. The number of amides is 1. The van der Waals surface area contributed by atoms with Crippen molar-refractivity contribution < 1.29 is 13.9 Å². The number of halogens is 1. The Morgan fingerprint density at radius 3 is 2.82 bits per heavy atom. The summed E-state index contributed by atoms with van der Waals surface area (Å²) in [6.07, 6.45) is 4.46. The zero-order valence-electron chi connectivity index (χ0n) is 18.9. The minimum atomic E-state index is -0.733. The highest BCUT2D eigenvalue weighted by molar-refractivity contribution is 6.13. The largest absolute Gasteiger partial charge is 0.478 e. The number of nitrogens with zero attached hydrogens (tertiary/aromatic N) is 6. The van der Waals surface area contributed by atoms with E-state index in [0.29, 0.717) is 22.8 Å². The number of ether oxygens (including phenoxy) is 1. The molecule has 0 saturated carbocycles. The third kappa shape index (κ3) is 3.54. The van der Waals surface area contributed by atoms with Crippen LogP contribution in [-0.4, -0.2) is 63.3 Å². The van der Waals surface area contributed by atoms with E-state index in [1.54, 1.807) is 17.7 Å². The Hall–Kier alpha value is -3.73. The van der Waals surface area contributed by atoms with Gasteiger partial charge in [0.2, 0.25) is 11.6 Å². The van der Waals surface area contributed by atoms with Crippen LogP contribution in [0.25, 0.3) is 16.6 Å². The SMILES string of the molecule is CN[C@@H]1CCN(c2ccc(C(=O)Nc3nc(OC)c4nc(C)cn4c3F)c3nn(C)cc23)C1. The van der Waals surface area contributed by atoms with Gasteiger partial charge in [0.05, 0.1) is 18.4 Å². The fraction of sp³-hybridized carbons (Fsp3) is 0.364. The molecule has 1 aliphatic heterocycles. The summed E-state index contributed by atoms with van der Waals surface area (Å²) in [6.45, 7) is 3.54. The Balaban J connectivity index is 1.52. The number of methoxy groups -OCH3 is 1.